The molecule has 2 amide bonds. The Morgan fingerprint density at radius 3 is 2.43 bits per heavy atom. The van der Waals surface area contributed by atoms with Crippen LogP contribution >= 0.6 is 0 Å². The molecular weight excluding hydrogens is 376 g/mol. The van der Waals surface area contributed by atoms with Crippen molar-refractivity contribution < 1.29 is 9.59 Å². The van der Waals surface area contributed by atoms with Crippen molar-refractivity contribution in [1.82, 2.24) is 10.6 Å². The molecule has 0 saturated carbocycles. The maximum atomic E-state index is 12.8. The largest absolute Gasteiger partial charge is 0.365 e. The number of nitrogens with one attached hydrogen (secondary N) is 2. The molecule has 0 aliphatic carbocycles. The van der Waals surface area contributed by atoms with Crippen molar-refractivity contribution in [2.75, 3.05) is 36.0 Å². The van der Waals surface area contributed by atoms with Gasteiger partial charge in [0.1, 0.15) is 6.04 Å². The van der Waals surface area contributed by atoms with Crippen LogP contribution in [0.25, 0.3) is 0 Å². The fourth-order valence-corrected chi connectivity index (χ4v) is 4.31. The Kier molecular flexibility index (Phi) is 6.52. The van der Waals surface area contributed by atoms with Crippen LogP contribution in [0, 0.1) is 0 Å². The maximum Gasteiger partial charge on any atom is 0.242 e. The van der Waals surface area contributed by atoms with Gasteiger partial charge in [-0.3, -0.25) is 9.59 Å². The van der Waals surface area contributed by atoms with Crippen molar-refractivity contribution in [2.45, 2.75) is 38.3 Å². The highest BCUT2D eigenvalue weighted by Gasteiger charge is 2.25. The quantitative estimate of drug-likeness (QED) is 0.801. The lowest BCUT2D eigenvalue weighted by Gasteiger charge is -2.28. The normalized spacial score (nSPS) is 19.3. The second-order valence-electron chi connectivity index (χ2n) is 8.08. The number of carbonyl (C=O) groups excluding carboxylic acids is 2. The molecule has 1 saturated heterocycles. The van der Waals surface area contributed by atoms with Gasteiger partial charge in [0.15, 0.2) is 0 Å². The van der Waals surface area contributed by atoms with Gasteiger partial charge in [-0.1, -0.05) is 42.5 Å². The predicted molar refractivity (Wildman–Crippen MR) is 120 cm³/mol. The molecule has 0 spiro atoms. The number of carbonyl (C=O) groups is 2. The number of anilines is 2. The third-order valence-electron chi connectivity index (χ3n) is 5.84. The Hall–Kier alpha value is -3.02. The molecule has 6 nitrogen and oxygen atoms in total. The topological polar surface area (TPSA) is 64.7 Å². The summed E-state index contributed by atoms with van der Waals surface area (Å²) in [7, 11) is 0. The molecule has 2 aliphatic heterocycles. The maximum absolute atomic E-state index is 12.8. The summed E-state index contributed by atoms with van der Waals surface area (Å²) in [6.07, 6.45) is 3.59. The van der Waals surface area contributed by atoms with Gasteiger partial charge in [0, 0.05) is 26.2 Å². The number of fused-ring (bicyclic) bond motifs is 1. The van der Waals surface area contributed by atoms with Crippen LogP contribution in [0.15, 0.2) is 54.6 Å². The molecular formula is C24H30N4O2. The summed E-state index contributed by atoms with van der Waals surface area (Å²) in [4.78, 5) is 29.5. The monoisotopic (exact) mass is 406 g/mol. The molecule has 4 rings (SSSR count). The van der Waals surface area contributed by atoms with E-state index in [0.717, 1.165) is 50.3 Å². The number of hydrogen-bond acceptors (Lipinski definition) is 4. The van der Waals surface area contributed by atoms with Crippen molar-refractivity contribution in [3.63, 3.8) is 0 Å². The fraction of sp³-hybridized carbons (Fsp3) is 0.417. The first kappa shape index (κ1) is 20.3. The van der Waals surface area contributed by atoms with Crippen molar-refractivity contribution in [3.8, 4) is 0 Å². The van der Waals surface area contributed by atoms with Crippen molar-refractivity contribution in [3.05, 3.63) is 60.2 Å². The van der Waals surface area contributed by atoms with Gasteiger partial charge in [-0.15, -0.1) is 0 Å². The van der Waals surface area contributed by atoms with Gasteiger partial charge >= 0.3 is 0 Å². The molecule has 2 aromatic rings. The SMILES string of the molecule is O=C(CN1CCCN(Cc2ccccc2)c2ccccc21)NC1CCCCNC1=O. The van der Waals surface area contributed by atoms with E-state index in [2.05, 4.69) is 62.9 Å². The van der Waals surface area contributed by atoms with E-state index in [1.165, 1.54) is 5.56 Å². The highest BCUT2D eigenvalue weighted by Crippen LogP contribution is 2.33. The molecule has 30 heavy (non-hydrogen) atoms. The molecule has 158 valence electrons. The Bertz CT molecular complexity index is 871. The molecule has 6 heteroatoms. The highest BCUT2D eigenvalue weighted by atomic mass is 16.2. The van der Waals surface area contributed by atoms with E-state index in [1.54, 1.807) is 0 Å². The first-order chi connectivity index (χ1) is 14.7. The van der Waals surface area contributed by atoms with E-state index < -0.39 is 6.04 Å². The number of rotatable bonds is 5. The second kappa shape index (κ2) is 9.65. The molecule has 0 aromatic heterocycles. The van der Waals surface area contributed by atoms with Crippen molar-refractivity contribution >= 4 is 23.2 Å². The fourth-order valence-electron chi connectivity index (χ4n) is 4.31. The number of nitrogens with zero attached hydrogens (tertiary/aromatic N) is 2. The predicted octanol–water partition coefficient (Wildman–Crippen LogP) is 2.69. The lowest BCUT2D eigenvalue weighted by molar-refractivity contribution is -0.128. The van der Waals surface area contributed by atoms with E-state index in [9.17, 15) is 9.59 Å². The van der Waals surface area contributed by atoms with E-state index in [-0.39, 0.29) is 18.4 Å². The first-order valence-electron chi connectivity index (χ1n) is 10.9. The van der Waals surface area contributed by atoms with Gasteiger partial charge in [0.05, 0.1) is 17.9 Å². The smallest absolute Gasteiger partial charge is 0.242 e. The Balaban J connectivity index is 1.47. The molecule has 2 heterocycles. The van der Waals surface area contributed by atoms with Gasteiger partial charge in [-0.05, 0) is 43.4 Å². The summed E-state index contributed by atoms with van der Waals surface area (Å²) in [6.45, 7) is 3.56. The number of amides is 2. The Morgan fingerprint density at radius 1 is 0.933 bits per heavy atom. The summed E-state index contributed by atoms with van der Waals surface area (Å²) >= 11 is 0. The van der Waals surface area contributed by atoms with E-state index in [1.807, 2.05) is 12.1 Å². The van der Waals surface area contributed by atoms with Crippen LogP contribution < -0.4 is 20.4 Å². The minimum Gasteiger partial charge on any atom is -0.365 e. The van der Waals surface area contributed by atoms with E-state index in [0.29, 0.717) is 13.0 Å². The molecule has 0 radical (unpaired) electrons. The molecule has 1 atom stereocenters. The second-order valence-corrected chi connectivity index (χ2v) is 8.08. The average Bonchev–Trinajstić information content (AvgIpc) is 3.06. The Morgan fingerprint density at radius 2 is 1.63 bits per heavy atom. The van der Waals surface area contributed by atoms with Crippen LogP contribution in [0.1, 0.15) is 31.2 Å². The van der Waals surface area contributed by atoms with Crippen LogP contribution in [0.4, 0.5) is 11.4 Å². The van der Waals surface area contributed by atoms with E-state index >= 15 is 0 Å². The first-order valence-corrected chi connectivity index (χ1v) is 10.9. The van der Waals surface area contributed by atoms with Gasteiger partial charge < -0.3 is 20.4 Å². The summed E-state index contributed by atoms with van der Waals surface area (Å²) < 4.78 is 0. The average molecular weight is 407 g/mol. The zero-order valence-electron chi connectivity index (χ0n) is 17.3. The number of hydrogen-bond donors (Lipinski definition) is 2. The van der Waals surface area contributed by atoms with Gasteiger partial charge in [-0.2, -0.15) is 0 Å². The Labute approximate surface area is 178 Å². The zero-order valence-corrected chi connectivity index (χ0v) is 17.3. The van der Waals surface area contributed by atoms with Gasteiger partial charge in [0.25, 0.3) is 0 Å². The molecule has 2 aliphatic rings. The van der Waals surface area contributed by atoms with Crippen molar-refractivity contribution in [2.24, 2.45) is 0 Å². The molecule has 2 aromatic carbocycles. The molecule has 2 N–H and O–H groups in total. The van der Waals surface area contributed by atoms with Crippen LogP contribution in [-0.4, -0.2) is 44.0 Å². The summed E-state index contributed by atoms with van der Waals surface area (Å²) in [6, 6.07) is 18.3. The summed E-state index contributed by atoms with van der Waals surface area (Å²) in [5, 5.41) is 5.84. The molecule has 1 unspecified atom stereocenters. The molecule has 0 bridgehead atoms. The summed E-state index contributed by atoms with van der Waals surface area (Å²) in [5.74, 6) is -0.158. The standard InChI is InChI=1S/C24H30N4O2/c29-23(26-20-11-6-7-14-25-24(20)30)18-28-16-8-15-27(17-19-9-2-1-3-10-19)21-12-4-5-13-22(21)28/h1-5,9-10,12-13,20H,6-8,11,14-18H2,(H,25,30)(H,26,29). The van der Waals surface area contributed by atoms with Crippen LogP contribution in [0.2, 0.25) is 0 Å². The number of benzene rings is 2. The number of para-hydroxylation sites is 2. The van der Waals surface area contributed by atoms with E-state index in [4.69, 9.17) is 0 Å². The third-order valence-corrected chi connectivity index (χ3v) is 5.84. The zero-order chi connectivity index (χ0) is 20.8. The summed E-state index contributed by atoms with van der Waals surface area (Å²) in [5.41, 5.74) is 3.50. The van der Waals surface area contributed by atoms with Gasteiger partial charge in [0.2, 0.25) is 11.8 Å². The highest BCUT2D eigenvalue weighted by molar-refractivity contribution is 5.90. The minimum absolute atomic E-state index is 0.0637. The minimum atomic E-state index is -0.420. The lowest BCUT2D eigenvalue weighted by atomic mass is 10.1. The van der Waals surface area contributed by atoms with Crippen LogP contribution in [0.3, 0.4) is 0 Å². The molecule has 1 fully saturated rings. The van der Waals surface area contributed by atoms with Crippen LogP contribution in [-0.2, 0) is 16.1 Å². The van der Waals surface area contributed by atoms with Crippen molar-refractivity contribution in [1.29, 1.82) is 0 Å². The van der Waals surface area contributed by atoms with Gasteiger partial charge in [-0.25, -0.2) is 0 Å². The van der Waals surface area contributed by atoms with Crippen LogP contribution in [0.5, 0.6) is 0 Å². The lowest BCUT2D eigenvalue weighted by Crippen LogP contribution is -2.48. The third kappa shape index (κ3) is 4.93.